The molecule has 1 unspecified atom stereocenters. The van der Waals surface area contributed by atoms with Gasteiger partial charge in [-0.05, 0) is 39.5 Å². The van der Waals surface area contributed by atoms with Crippen LogP contribution in [0.5, 0.6) is 0 Å². The summed E-state index contributed by atoms with van der Waals surface area (Å²) >= 11 is 0. The minimum Gasteiger partial charge on any atom is -0.351 e. The Kier molecular flexibility index (Phi) is 2.81. The van der Waals surface area contributed by atoms with Crippen molar-refractivity contribution in [3.63, 3.8) is 0 Å². The second-order valence-electron chi connectivity index (χ2n) is 5.82. The quantitative estimate of drug-likeness (QED) is 0.570. The van der Waals surface area contributed by atoms with E-state index in [1.54, 1.807) is 0 Å². The molecule has 1 atom stereocenters. The largest absolute Gasteiger partial charge is 0.351 e. The van der Waals surface area contributed by atoms with Gasteiger partial charge in [-0.1, -0.05) is 6.42 Å². The summed E-state index contributed by atoms with van der Waals surface area (Å²) in [6, 6.07) is 1.10. The number of rotatable bonds is 3. The van der Waals surface area contributed by atoms with Crippen LogP contribution >= 0.6 is 0 Å². The SMILES string of the molecule is CC1=C([N+](=O)[O-])CN(C2CCC2)C(C)N1C1CC1. The molecule has 18 heavy (non-hydrogen) atoms. The summed E-state index contributed by atoms with van der Waals surface area (Å²) in [6.45, 7) is 4.65. The van der Waals surface area contributed by atoms with E-state index in [9.17, 15) is 10.1 Å². The number of hydrogen-bond acceptors (Lipinski definition) is 4. The molecule has 3 rings (SSSR count). The van der Waals surface area contributed by atoms with Crippen molar-refractivity contribution in [3.05, 3.63) is 21.5 Å². The van der Waals surface area contributed by atoms with Gasteiger partial charge in [0.2, 0.25) is 0 Å². The molecule has 2 saturated carbocycles. The lowest BCUT2D eigenvalue weighted by atomic mass is 9.90. The molecule has 5 nitrogen and oxygen atoms in total. The van der Waals surface area contributed by atoms with Crippen molar-refractivity contribution in [1.29, 1.82) is 0 Å². The Balaban J connectivity index is 1.90. The summed E-state index contributed by atoms with van der Waals surface area (Å²) in [5.74, 6) is 0. The second kappa shape index (κ2) is 4.23. The standard InChI is InChI=1S/C13H21N3O2/c1-9-13(16(17)18)8-14(11-4-3-5-11)10(2)15(9)12-6-7-12/h10-12H,3-8H2,1-2H3. The Bertz CT molecular complexity index is 399. The van der Waals surface area contributed by atoms with Gasteiger partial charge in [0, 0.05) is 12.1 Å². The molecule has 0 aromatic heterocycles. The molecule has 5 heteroatoms. The van der Waals surface area contributed by atoms with E-state index in [1.807, 2.05) is 6.92 Å². The molecule has 0 bridgehead atoms. The molecule has 2 fully saturated rings. The van der Waals surface area contributed by atoms with Crippen molar-refractivity contribution in [3.8, 4) is 0 Å². The lowest BCUT2D eigenvalue weighted by Gasteiger charge is -2.48. The Morgan fingerprint density at radius 3 is 2.33 bits per heavy atom. The van der Waals surface area contributed by atoms with Gasteiger partial charge < -0.3 is 4.90 Å². The van der Waals surface area contributed by atoms with Gasteiger partial charge in [-0.3, -0.25) is 15.0 Å². The van der Waals surface area contributed by atoms with E-state index in [4.69, 9.17) is 0 Å². The molecule has 1 aliphatic heterocycles. The molecule has 0 saturated heterocycles. The van der Waals surface area contributed by atoms with Crippen LogP contribution in [-0.2, 0) is 0 Å². The van der Waals surface area contributed by atoms with E-state index in [2.05, 4.69) is 16.7 Å². The Hall–Kier alpha value is -1.10. The highest BCUT2D eigenvalue weighted by atomic mass is 16.6. The molecule has 0 aromatic rings. The molecule has 0 spiro atoms. The highest BCUT2D eigenvalue weighted by molar-refractivity contribution is 5.15. The zero-order valence-corrected chi connectivity index (χ0v) is 11.1. The molecule has 1 heterocycles. The molecule has 0 N–H and O–H groups in total. The first-order valence-corrected chi connectivity index (χ1v) is 6.98. The van der Waals surface area contributed by atoms with Crippen molar-refractivity contribution >= 4 is 0 Å². The number of allylic oxidation sites excluding steroid dienone is 1. The highest BCUT2D eigenvalue weighted by Gasteiger charge is 2.44. The van der Waals surface area contributed by atoms with Gasteiger partial charge >= 0.3 is 0 Å². The molecule has 3 aliphatic rings. The van der Waals surface area contributed by atoms with Crippen LogP contribution < -0.4 is 0 Å². The fourth-order valence-electron chi connectivity index (χ4n) is 3.28. The third-order valence-corrected chi connectivity index (χ3v) is 4.72. The van der Waals surface area contributed by atoms with Crippen molar-refractivity contribution in [2.75, 3.05) is 6.54 Å². The maximum absolute atomic E-state index is 11.2. The van der Waals surface area contributed by atoms with Crippen LogP contribution in [0, 0.1) is 10.1 Å². The first kappa shape index (κ1) is 12.0. The fraction of sp³-hybridized carbons (Fsp3) is 0.846. The summed E-state index contributed by atoms with van der Waals surface area (Å²) in [5, 5.41) is 11.2. The highest BCUT2D eigenvalue weighted by Crippen LogP contribution is 2.39. The van der Waals surface area contributed by atoms with Gasteiger partial charge in [-0.2, -0.15) is 0 Å². The van der Waals surface area contributed by atoms with Crippen molar-refractivity contribution in [1.82, 2.24) is 9.80 Å². The van der Waals surface area contributed by atoms with Crippen LogP contribution in [0.2, 0.25) is 0 Å². The lowest BCUT2D eigenvalue weighted by Crippen LogP contribution is -2.57. The van der Waals surface area contributed by atoms with E-state index in [-0.39, 0.29) is 4.92 Å². The molecule has 100 valence electrons. The zero-order chi connectivity index (χ0) is 12.9. The third kappa shape index (κ3) is 1.81. The van der Waals surface area contributed by atoms with Crippen molar-refractivity contribution in [2.24, 2.45) is 0 Å². The second-order valence-corrected chi connectivity index (χ2v) is 5.82. The minimum atomic E-state index is -0.178. The maximum Gasteiger partial charge on any atom is 0.278 e. The van der Waals surface area contributed by atoms with E-state index in [0.29, 0.717) is 30.5 Å². The molecular formula is C13H21N3O2. The average molecular weight is 251 g/mol. The van der Waals surface area contributed by atoms with Crippen LogP contribution in [0.15, 0.2) is 11.4 Å². The molecule has 2 aliphatic carbocycles. The Morgan fingerprint density at radius 2 is 1.89 bits per heavy atom. The molecule has 0 radical (unpaired) electrons. The van der Waals surface area contributed by atoms with E-state index >= 15 is 0 Å². The van der Waals surface area contributed by atoms with Crippen LogP contribution in [0.4, 0.5) is 0 Å². The van der Waals surface area contributed by atoms with Crippen molar-refractivity contribution in [2.45, 2.75) is 64.2 Å². The van der Waals surface area contributed by atoms with Crippen LogP contribution in [-0.4, -0.2) is 39.5 Å². The van der Waals surface area contributed by atoms with E-state index in [1.165, 1.54) is 32.1 Å². The third-order valence-electron chi connectivity index (χ3n) is 4.72. The van der Waals surface area contributed by atoms with Crippen molar-refractivity contribution < 1.29 is 4.92 Å². The molecule has 0 aromatic carbocycles. The predicted molar refractivity (Wildman–Crippen MR) is 68.4 cm³/mol. The summed E-state index contributed by atoms with van der Waals surface area (Å²) in [5.41, 5.74) is 1.30. The Labute approximate surface area is 108 Å². The average Bonchev–Trinajstić information content (AvgIpc) is 3.03. The van der Waals surface area contributed by atoms with Crippen LogP contribution in [0.3, 0.4) is 0 Å². The number of nitro groups is 1. The Morgan fingerprint density at radius 1 is 1.22 bits per heavy atom. The molecule has 0 amide bonds. The van der Waals surface area contributed by atoms with E-state index < -0.39 is 0 Å². The number of hydrogen-bond donors (Lipinski definition) is 0. The summed E-state index contributed by atoms with van der Waals surface area (Å²) in [4.78, 5) is 15.7. The summed E-state index contributed by atoms with van der Waals surface area (Å²) in [6.07, 6.45) is 6.37. The smallest absolute Gasteiger partial charge is 0.278 e. The topological polar surface area (TPSA) is 49.6 Å². The van der Waals surface area contributed by atoms with Gasteiger partial charge in [0.05, 0.1) is 23.3 Å². The fourth-order valence-corrected chi connectivity index (χ4v) is 3.28. The maximum atomic E-state index is 11.2. The first-order valence-electron chi connectivity index (χ1n) is 6.98. The first-order chi connectivity index (χ1) is 8.59. The number of nitrogens with zero attached hydrogens (tertiary/aromatic N) is 3. The zero-order valence-electron chi connectivity index (χ0n) is 11.1. The minimum absolute atomic E-state index is 0.178. The summed E-state index contributed by atoms with van der Waals surface area (Å²) in [7, 11) is 0. The summed E-state index contributed by atoms with van der Waals surface area (Å²) < 4.78 is 0. The van der Waals surface area contributed by atoms with Crippen LogP contribution in [0.25, 0.3) is 0 Å². The van der Waals surface area contributed by atoms with Gasteiger partial charge in [-0.15, -0.1) is 0 Å². The normalized spacial score (nSPS) is 30.6. The van der Waals surface area contributed by atoms with Crippen LogP contribution in [0.1, 0.15) is 46.0 Å². The van der Waals surface area contributed by atoms with Gasteiger partial charge in [-0.25, -0.2) is 0 Å². The van der Waals surface area contributed by atoms with Gasteiger partial charge in [0.15, 0.2) is 0 Å². The predicted octanol–water partition coefficient (Wildman–Crippen LogP) is 2.17. The monoisotopic (exact) mass is 251 g/mol. The van der Waals surface area contributed by atoms with Gasteiger partial charge in [0.25, 0.3) is 5.70 Å². The molecular weight excluding hydrogens is 230 g/mol. The lowest BCUT2D eigenvalue weighted by molar-refractivity contribution is -0.433. The van der Waals surface area contributed by atoms with Gasteiger partial charge in [0.1, 0.15) is 0 Å². The van der Waals surface area contributed by atoms with E-state index in [0.717, 1.165) is 5.70 Å².